The van der Waals surface area contributed by atoms with E-state index in [1.54, 1.807) is 4.57 Å². The minimum Gasteiger partial charge on any atom is -0.382 e. The van der Waals surface area contributed by atoms with Crippen molar-refractivity contribution in [3.8, 4) is 0 Å². The van der Waals surface area contributed by atoms with Crippen LogP contribution in [0, 0.1) is 0 Å². The second-order valence-electron chi connectivity index (χ2n) is 5.90. The van der Waals surface area contributed by atoms with Gasteiger partial charge in [0.1, 0.15) is 18.1 Å². The summed E-state index contributed by atoms with van der Waals surface area (Å²) in [6.07, 6.45) is 1.46. The van der Waals surface area contributed by atoms with E-state index in [0.717, 1.165) is 0 Å². The number of fused-ring (bicyclic) bond motifs is 1. The van der Waals surface area contributed by atoms with Crippen LogP contribution in [0.2, 0.25) is 0 Å². The first-order valence-corrected chi connectivity index (χ1v) is 12.8. The van der Waals surface area contributed by atoms with E-state index in [4.69, 9.17) is 25.2 Å². The molecule has 1 aliphatic rings. The molecule has 1 aliphatic heterocycles. The number of hydrogen-bond acceptors (Lipinski definition) is 12. The van der Waals surface area contributed by atoms with Gasteiger partial charge in [-0.1, -0.05) is 0 Å². The molecule has 30 heavy (non-hydrogen) atoms. The second-order valence-corrected chi connectivity index (χ2v) is 11.0. The van der Waals surface area contributed by atoms with Crippen molar-refractivity contribution < 1.29 is 51.2 Å². The first kappa shape index (κ1) is 23.7. The van der Waals surface area contributed by atoms with Crippen molar-refractivity contribution in [1.29, 1.82) is 0 Å². The predicted octanol–water partition coefficient (Wildman–Crippen LogP) is 0.338. The number of nitrogens with two attached hydrogens (primary N) is 1. The third-order valence-electron chi connectivity index (χ3n) is 3.72. The first-order chi connectivity index (χ1) is 13.8. The lowest BCUT2D eigenvalue weighted by Gasteiger charge is -2.19. The minimum atomic E-state index is -5.60. The molecule has 168 valence electrons. The number of aromatic nitrogens is 4. The van der Waals surface area contributed by atoms with Crippen molar-refractivity contribution in [1.82, 2.24) is 19.5 Å². The van der Waals surface area contributed by atoms with E-state index in [-0.39, 0.29) is 5.82 Å². The molecule has 16 nitrogen and oxygen atoms in total. The van der Waals surface area contributed by atoms with Crippen molar-refractivity contribution in [2.45, 2.75) is 24.0 Å². The Morgan fingerprint density at radius 1 is 1.17 bits per heavy atom. The molecule has 1 fully saturated rings. The summed E-state index contributed by atoms with van der Waals surface area (Å²) in [6, 6.07) is 0. The van der Waals surface area contributed by atoms with Crippen LogP contribution in [0.5, 0.6) is 0 Å². The molecule has 20 heteroatoms. The van der Waals surface area contributed by atoms with Crippen LogP contribution in [-0.4, -0.2) is 57.1 Å². The van der Waals surface area contributed by atoms with Crippen LogP contribution < -0.4 is 5.73 Å². The van der Waals surface area contributed by atoms with Gasteiger partial charge in [0.05, 0.1) is 19.0 Å². The van der Waals surface area contributed by atoms with E-state index < -0.39 is 47.7 Å². The fraction of sp³-hybridized carbons (Fsp3) is 0.500. The van der Waals surface area contributed by atoms with Crippen LogP contribution in [0.15, 0.2) is 12.7 Å². The summed E-state index contributed by atoms with van der Waals surface area (Å²) in [7, 11) is -16.3. The van der Waals surface area contributed by atoms with Gasteiger partial charge in [-0.25, -0.2) is 28.6 Å². The molecule has 0 saturated carbocycles. The molecule has 2 aromatic heterocycles. The highest BCUT2D eigenvalue weighted by molar-refractivity contribution is 7.81. The highest BCUT2D eigenvalue weighted by atomic mass is 32.1. The number of nitrogens with zero attached hydrogens (tertiary/aromatic N) is 4. The topological polar surface area (TPSA) is 239 Å². The van der Waals surface area contributed by atoms with Crippen LogP contribution in [0.1, 0.15) is 12.6 Å². The van der Waals surface area contributed by atoms with Crippen molar-refractivity contribution >= 4 is 53.1 Å². The molecule has 1 saturated heterocycles. The van der Waals surface area contributed by atoms with Crippen molar-refractivity contribution in [2.24, 2.45) is 0 Å². The summed E-state index contributed by atoms with van der Waals surface area (Å²) >= 11 is 4.32. The number of phosphoric ester groups is 1. The third kappa shape index (κ3) is 5.85. The lowest BCUT2D eigenvalue weighted by molar-refractivity contribution is -0.0195. The maximum absolute atomic E-state index is 11.8. The van der Waals surface area contributed by atoms with Gasteiger partial charge in [0.15, 0.2) is 11.5 Å². The average molecular weight is 507 g/mol. The molecule has 0 spiro atoms. The van der Waals surface area contributed by atoms with E-state index in [1.807, 2.05) is 0 Å². The van der Waals surface area contributed by atoms with E-state index in [2.05, 4.69) is 40.7 Å². The van der Waals surface area contributed by atoms with Crippen molar-refractivity contribution in [3.63, 3.8) is 0 Å². The molecule has 6 N–H and O–H groups in total. The molecule has 0 aliphatic carbocycles. The Morgan fingerprint density at radius 3 is 2.53 bits per heavy atom. The Hall–Kier alpha value is -0.930. The molecule has 2 aromatic rings. The Kier molecular flexibility index (Phi) is 6.76. The van der Waals surface area contributed by atoms with E-state index in [9.17, 15) is 18.6 Å². The number of imidazole rings is 1. The van der Waals surface area contributed by atoms with Crippen LogP contribution in [0.3, 0.4) is 0 Å². The number of ether oxygens (including phenoxy) is 1. The third-order valence-corrected chi connectivity index (χ3v) is 8.07. The maximum Gasteiger partial charge on any atom is 0.490 e. The summed E-state index contributed by atoms with van der Waals surface area (Å²) in [6.45, 7) is -0.613. The molecule has 3 heterocycles. The first-order valence-electron chi connectivity index (χ1n) is 7.81. The number of hydrogen-bond donors (Lipinski definition) is 6. The molecular weight excluding hydrogens is 491 g/mol. The van der Waals surface area contributed by atoms with Gasteiger partial charge in [-0.2, -0.15) is 21.3 Å². The Bertz CT molecular complexity index is 1080. The Labute approximate surface area is 173 Å². The highest BCUT2D eigenvalue weighted by Crippen LogP contribution is 2.66. The number of phosphoric acid groups is 3. The molecular formula is C10H16N5O11P3S. The van der Waals surface area contributed by atoms with E-state index >= 15 is 0 Å². The second kappa shape index (κ2) is 8.54. The summed E-state index contributed by atoms with van der Waals surface area (Å²) in [4.78, 5) is 47.7. The predicted molar refractivity (Wildman–Crippen MR) is 101 cm³/mol. The number of thiol groups is 1. The zero-order valence-corrected chi connectivity index (χ0v) is 18.2. The van der Waals surface area contributed by atoms with Gasteiger partial charge in [0.25, 0.3) is 0 Å². The smallest absolute Gasteiger partial charge is 0.382 e. The van der Waals surface area contributed by atoms with Crippen LogP contribution in [-0.2, 0) is 31.6 Å². The molecule has 3 rings (SSSR count). The lowest BCUT2D eigenvalue weighted by atomic mass is 10.2. The molecule has 0 amide bonds. The summed E-state index contributed by atoms with van der Waals surface area (Å²) in [5.41, 5.74) is 6.47. The highest BCUT2D eigenvalue weighted by Gasteiger charge is 2.42. The molecule has 0 bridgehead atoms. The molecule has 0 radical (unpaired) electrons. The summed E-state index contributed by atoms with van der Waals surface area (Å²) in [5, 5.41) is -0.501. The van der Waals surface area contributed by atoms with Crippen molar-refractivity contribution in [2.75, 3.05) is 12.3 Å². The maximum atomic E-state index is 11.8. The zero-order chi connectivity index (χ0) is 22.3. The van der Waals surface area contributed by atoms with Gasteiger partial charge in [-0.05, 0) is 0 Å². The van der Waals surface area contributed by atoms with Crippen LogP contribution >= 0.6 is 36.1 Å². The summed E-state index contributed by atoms with van der Waals surface area (Å²) in [5.74, 6) is 0.170. The van der Waals surface area contributed by atoms with Crippen molar-refractivity contribution in [3.05, 3.63) is 12.7 Å². The summed E-state index contributed by atoms with van der Waals surface area (Å²) < 4.78 is 52.9. The van der Waals surface area contributed by atoms with Gasteiger partial charge >= 0.3 is 23.5 Å². The molecule has 5 unspecified atom stereocenters. The largest absolute Gasteiger partial charge is 0.490 e. The zero-order valence-electron chi connectivity index (χ0n) is 14.6. The monoisotopic (exact) mass is 507 g/mol. The van der Waals surface area contributed by atoms with E-state index in [1.165, 1.54) is 12.7 Å². The van der Waals surface area contributed by atoms with Crippen LogP contribution in [0.4, 0.5) is 5.82 Å². The lowest BCUT2D eigenvalue weighted by Crippen LogP contribution is -2.22. The number of nitrogen functional groups attached to an aromatic ring is 1. The van der Waals surface area contributed by atoms with Gasteiger partial charge in [-0.3, -0.25) is 9.09 Å². The molecule has 0 aromatic carbocycles. The minimum absolute atomic E-state index is 0.170. The normalized spacial score (nSPS) is 26.5. The van der Waals surface area contributed by atoms with E-state index in [0.29, 0.717) is 17.6 Å². The van der Waals surface area contributed by atoms with Gasteiger partial charge in [0.2, 0.25) is 0 Å². The average Bonchev–Trinajstić information content (AvgIpc) is 3.14. The number of anilines is 1. The standard InChI is InChI=1S/C10H16N5O11P3S/c11-9-8-10(13-3-12-9)15(4-14-8)7-1-6(30)5(24-7)2-23-28(19,20)26-29(21,22)25-27(16,17)18/h3-7,30H,1-2H2,(H,19,20)(H,21,22)(H2,11,12,13)(H2,16,17,18). The van der Waals surface area contributed by atoms with Crippen LogP contribution in [0.25, 0.3) is 11.2 Å². The Morgan fingerprint density at radius 2 is 1.87 bits per heavy atom. The van der Waals surface area contributed by atoms with Gasteiger partial charge < -0.3 is 30.0 Å². The molecule has 5 atom stereocenters. The quantitative estimate of drug-likeness (QED) is 0.208. The Balaban J connectivity index is 1.64. The van der Waals surface area contributed by atoms with Gasteiger partial charge in [0, 0.05) is 11.7 Å². The van der Waals surface area contributed by atoms with Gasteiger partial charge in [-0.15, -0.1) is 0 Å². The SMILES string of the molecule is Nc1ncnc2c1ncn2C1CC(S)C(COP(=O)(O)OP(=O)(O)OP(=O)(O)O)O1. The number of rotatable bonds is 8. The fourth-order valence-corrected chi connectivity index (χ4v) is 5.95. The fourth-order valence-electron chi connectivity index (χ4n) is 2.59.